The van der Waals surface area contributed by atoms with Crippen molar-refractivity contribution in [1.82, 2.24) is 0 Å². The van der Waals surface area contributed by atoms with Crippen LogP contribution in [-0.4, -0.2) is 29.7 Å². The molecule has 7 nitrogen and oxygen atoms in total. The van der Waals surface area contributed by atoms with Gasteiger partial charge in [-0.05, 0) is 58.0 Å². The molecule has 2 aromatic carbocycles. The molecule has 0 saturated carbocycles. The van der Waals surface area contributed by atoms with Crippen molar-refractivity contribution >= 4 is 29.3 Å². The summed E-state index contributed by atoms with van der Waals surface area (Å²) in [4.78, 5) is 36.3. The van der Waals surface area contributed by atoms with Crippen LogP contribution in [0.4, 0.5) is 25.0 Å². The fourth-order valence-electron chi connectivity index (χ4n) is 2.27. The maximum Gasteiger partial charge on any atom is 0.412 e. The number of carbonyl (C=O) groups excluding carboxylic acids is 3. The molecule has 0 saturated heterocycles. The first-order valence-electron chi connectivity index (χ1n) is 9.02. The molecule has 160 valence electrons. The number of benzene rings is 2. The number of nitrogens with one attached hydrogen (secondary N) is 2. The van der Waals surface area contributed by atoms with E-state index in [9.17, 15) is 23.2 Å². The van der Waals surface area contributed by atoms with Crippen molar-refractivity contribution in [3.8, 4) is 0 Å². The molecule has 9 heteroatoms. The first-order valence-corrected chi connectivity index (χ1v) is 9.02. The molecular weight excluding hydrogens is 398 g/mol. The van der Waals surface area contributed by atoms with E-state index in [4.69, 9.17) is 9.47 Å². The minimum absolute atomic E-state index is 0.0558. The third-order valence-corrected chi connectivity index (χ3v) is 3.61. The number of hydrogen-bond acceptors (Lipinski definition) is 5. The highest BCUT2D eigenvalue weighted by molar-refractivity contribution is 5.98. The molecular formula is C21H22F2N2O5. The maximum absolute atomic E-state index is 13.6. The van der Waals surface area contributed by atoms with E-state index >= 15 is 0 Å². The van der Waals surface area contributed by atoms with Gasteiger partial charge in [0.15, 0.2) is 6.10 Å². The van der Waals surface area contributed by atoms with Crippen molar-refractivity contribution in [3.63, 3.8) is 0 Å². The van der Waals surface area contributed by atoms with E-state index in [0.717, 1.165) is 18.2 Å². The lowest BCUT2D eigenvalue weighted by Gasteiger charge is -2.19. The average Bonchev–Trinajstić information content (AvgIpc) is 2.63. The smallest absolute Gasteiger partial charge is 0.412 e. The van der Waals surface area contributed by atoms with Gasteiger partial charge in [0.1, 0.15) is 22.9 Å². The molecule has 2 amide bonds. The Balaban J connectivity index is 2.01. The van der Waals surface area contributed by atoms with Crippen LogP contribution in [0.25, 0.3) is 0 Å². The van der Waals surface area contributed by atoms with E-state index in [-0.39, 0.29) is 11.3 Å². The molecule has 2 aromatic rings. The van der Waals surface area contributed by atoms with Crippen molar-refractivity contribution in [2.75, 3.05) is 10.6 Å². The van der Waals surface area contributed by atoms with Gasteiger partial charge in [0.25, 0.3) is 5.91 Å². The second-order valence-corrected chi connectivity index (χ2v) is 7.34. The van der Waals surface area contributed by atoms with E-state index in [1.807, 2.05) is 0 Å². The zero-order valence-electron chi connectivity index (χ0n) is 16.9. The minimum atomic E-state index is -1.33. The van der Waals surface area contributed by atoms with E-state index in [1.165, 1.54) is 31.2 Å². The van der Waals surface area contributed by atoms with Crippen molar-refractivity contribution in [2.45, 2.75) is 39.4 Å². The van der Waals surface area contributed by atoms with Gasteiger partial charge in [0, 0.05) is 5.69 Å². The van der Waals surface area contributed by atoms with E-state index in [0.29, 0.717) is 0 Å². The number of rotatable bonds is 5. The summed E-state index contributed by atoms with van der Waals surface area (Å²) < 4.78 is 37.5. The van der Waals surface area contributed by atoms with Crippen LogP contribution in [0.5, 0.6) is 0 Å². The van der Waals surface area contributed by atoms with E-state index in [1.54, 1.807) is 20.8 Å². The minimum Gasteiger partial charge on any atom is -0.449 e. The molecule has 0 bridgehead atoms. The molecule has 0 radical (unpaired) electrons. The maximum atomic E-state index is 13.6. The zero-order valence-corrected chi connectivity index (χ0v) is 16.9. The largest absolute Gasteiger partial charge is 0.449 e. The van der Waals surface area contributed by atoms with Crippen molar-refractivity contribution < 1.29 is 32.6 Å². The van der Waals surface area contributed by atoms with Gasteiger partial charge in [-0.3, -0.25) is 10.1 Å². The Kier molecular flexibility index (Phi) is 7.10. The van der Waals surface area contributed by atoms with E-state index in [2.05, 4.69) is 10.6 Å². The number of hydrogen-bond donors (Lipinski definition) is 2. The molecule has 2 N–H and O–H groups in total. The highest BCUT2D eigenvalue weighted by Crippen LogP contribution is 2.19. The summed E-state index contributed by atoms with van der Waals surface area (Å²) >= 11 is 0. The summed E-state index contributed by atoms with van der Waals surface area (Å²) in [5.74, 6) is -3.68. The second-order valence-electron chi connectivity index (χ2n) is 7.34. The van der Waals surface area contributed by atoms with Gasteiger partial charge in [0.2, 0.25) is 0 Å². The van der Waals surface area contributed by atoms with Gasteiger partial charge in [0.05, 0.1) is 5.56 Å². The van der Waals surface area contributed by atoms with Crippen LogP contribution < -0.4 is 10.6 Å². The van der Waals surface area contributed by atoms with Gasteiger partial charge in [-0.2, -0.15) is 0 Å². The Morgan fingerprint density at radius 1 is 0.967 bits per heavy atom. The SMILES string of the molecule is C[C@H](OC(=O)c1cccc(NC(=O)OC(C)(C)C)c1)C(=O)Nc1c(F)cccc1F. The Morgan fingerprint density at radius 3 is 2.17 bits per heavy atom. The Morgan fingerprint density at radius 2 is 1.57 bits per heavy atom. The summed E-state index contributed by atoms with van der Waals surface area (Å²) in [6, 6.07) is 8.93. The third kappa shape index (κ3) is 6.54. The summed E-state index contributed by atoms with van der Waals surface area (Å²) in [5.41, 5.74) is -0.986. The molecule has 30 heavy (non-hydrogen) atoms. The lowest BCUT2D eigenvalue weighted by molar-refractivity contribution is -0.123. The number of esters is 1. The molecule has 0 heterocycles. The van der Waals surface area contributed by atoms with E-state index < -0.39 is 47.0 Å². The topological polar surface area (TPSA) is 93.7 Å². The molecule has 0 unspecified atom stereocenters. The number of para-hydroxylation sites is 1. The zero-order chi connectivity index (χ0) is 22.5. The standard InChI is InChI=1S/C21H22F2N2O5/c1-12(18(26)25-17-15(22)9-6-10-16(17)23)29-19(27)13-7-5-8-14(11-13)24-20(28)30-21(2,3)4/h5-12H,1-4H3,(H,24,28)(H,25,26)/t12-/m0/s1. The molecule has 0 aliphatic carbocycles. The molecule has 0 fully saturated rings. The summed E-state index contributed by atoms with van der Waals surface area (Å²) in [5, 5.41) is 4.54. The molecule has 0 aliphatic heterocycles. The lowest BCUT2D eigenvalue weighted by Crippen LogP contribution is -2.30. The van der Waals surface area contributed by atoms with Crippen LogP contribution in [-0.2, 0) is 14.3 Å². The van der Waals surface area contributed by atoms with Crippen LogP contribution in [0, 0.1) is 11.6 Å². The predicted molar refractivity (Wildman–Crippen MR) is 106 cm³/mol. The van der Waals surface area contributed by atoms with Crippen molar-refractivity contribution in [3.05, 3.63) is 59.7 Å². The number of halogens is 2. The number of ether oxygens (including phenoxy) is 2. The molecule has 0 aromatic heterocycles. The predicted octanol–water partition coefficient (Wildman–Crippen LogP) is 4.50. The molecule has 1 atom stereocenters. The summed E-state index contributed by atoms with van der Waals surface area (Å²) in [7, 11) is 0. The third-order valence-electron chi connectivity index (χ3n) is 3.61. The van der Waals surface area contributed by atoms with Crippen LogP contribution >= 0.6 is 0 Å². The number of carbonyl (C=O) groups is 3. The molecule has 0 aliphatic rings. The van der Waals surface area contributed by atoms with Gasteiger partial charge in [-0.15, -0.1) is 0 Å². The normalized spacial score (nSPS) is 11.9. The van der Waals surface area contributed by atoms with Gasteiger partial charge >= 0.3 is 12.1 Å². The number of amides is 2. The quantitative estimate of drug-likeness (QED) is 0.695. The molecule has 2 rings (SSSR count). The molecule has 0 spiro atoms. The highest BCUT2D eigenvalue weighted by atomic mass is 19.1. The first kappa shape index (κ1) is 22.8. The monoisotopic (exact) mass is 420 g/mol. The lowest BCUT2D eigenvalue weighted by atomic mass is 10.2. The van der Waals surface area contributed by atoms with Crippen LogP contribution in [0.15, 0.2) is 42.5 Å². The van der Waals surface area contributed by atoms with Gasteiger partial charge in [-0.25, -0.2) is 18.4 Å². The van der Waals surface area contributed by atoms with Crippen LogP contribution in [0.1, 0.15) is 38.1 Å². The summed E-state index contributed by atoms with van der Waals surface area (Å²) in [6.45, 7) is 6.38. The highest BCUT2D eigenvalue weighted by Gasteiger charge is 2.22. The summed E-state index contributed by atoms with van der Waals surface area (Å²) in [6.07, 6.45) is -2.04. The van der Waals surface area contributed by atoms with Crippen LogP contribution in [0.2, 0.25) is 0 Å². The van der Waals surface area contributed by atoms with Crippen molar-refractivity contribution in [2.24, 2.45) is 0 Å². The van der Waals surface area contributed by atoms with Gasteiger partial charge < -0.3 is 14.8 Å². The van der Waals surface area contributed by atoms with Crippen molar-refractivity contribution in [1.29, 1.82) is 0 Å². The fraction of sp³-hybridized carbons (Fsp3) is 0.286. The first-order chi connectivity index (χ1) is 14.0. The Bertz CT molecular complexity index is 936. The fourth-order valence-corrected chi connectivity index (χ4v) is 2.27. The Hall–Kier alpha value is -3.49. The number of anilines is 2. The van der Waals surface area contributed by atoms with Crippen LogP contribution in [0.3, 0.4) is 0 Å². The average molecular weight is 420 g/mol. The second kappa shape index (κ2) is 9.34. The Labute approximate surface area is 172 Å². The van der Waals surface area contributed by atoms with Gasteiger partial charge in [-0.1, -0.05) is 12.1 Å².